The Morgan fingerprint density at radius 2 is 2.06 bits per heavy atom. The fraction of sp³-hybridized carbons (Fsp3) is 0.600. The monoisotopic (exact) mass is 248 g/mol. The van der Waals surface area contributed by atoms with Gasteiger partial charge in [0.05, 0.1) is 7.11 Å². The van der Waals surface area contributed by atoms with Gasteiger partial charge in [-0.2, -0.15) is 0 Å². The zero-order valence-corrected chi connectivity index (χ0v) is 10.9. The maximum absolute atomic E-state index is 12.2. The predicted octanol–water partition coefficient (Wildman–Crippen LogP) is 2.81. The molecule has 0 aromatic heterocycles. The van der Waals surface area contributed by atoms with Gasteiger partial charge in [-0.3, -0.25) is 4.79 Å². The van der Waals surface area contributed by atoms with Gasteiger partial charge in [0.15, 0.2) is 5.78 Å². The Bertz CT molecular complexity index is 387. The fourth-order valence-corrected chi connectivity index (χ4v) is 2.89. The van der Waals surface area contributed by atoms with E-state index in [0.29, 0.717) is 5.92 Å². The minimum Gasteiger partial charge on any atom is -0.466 e. The van der Waals surface area contributed by atoms with Crippen molar-refractivity contribution in [1.29, 1.82) is 0 Å². The summed E-state index contributed by atoms with van der Waals surface area (Å²) in [5.41, 5.74) is 1.01. The number of methoxy groups -OCH3 is 1. The molecule has 2 aliphatic carbocycles. The van der Waals surface area contributed by atoms with Gasteiger partial charge in [-0.25, -0.2) is 4.79 Å². The number of hydrogen-bond donors (Lipinski definition) is 0. The minimum atomic E-state index is -0.395. The van der Waals surface area contributed by atoms with Gasteiger partial charge in [0, 0.05) is 12.0 Å². The summed E-state index contributed by atoms with van der Waals surface area (Å²) >= 11 is 0. The van der Waals surface area contributed by atoms with E-state index in [1.165, 1.54) is 32.4 Å². The first-order chi connectivity index (χ1) is 8.72. The van der Waals surface area contributed by atoms with Crippen molar-refractivity contribution in [2.24, 2.45) is 11.8 Å². The first-order valence-electron chi connectivity index (χ1n) is 6.72. The average molecular weight is 248 g/mol. The first-order valence-corrected chi connectivity index (χ1v) is 6.72. The quantitative estimate of drug-likeness (QED) is 0.570. The molecule has 2 rings (SSSR count). The molecular weight excluding hydrogens is 228 g/mol. The molecule has 1 fully saturated rings. The molecule has 0 N–H and O–H groups in total. The number of esters is 1. The molecule has 0 radical (unpaired) electrons. The molecule has 1 atom stereocenters. The third kappa shape index (κ3) is 2.89. The Hall–Kier alpha value is -1.38. The second-order valence-electron chi connectivity index (χ2n) is 5.08. The molecule has 0 saturated heterocycles. The van der Waals surface area contributed by atoms with Crippen LogP contribution in [0.2, 0.25) is 0 Å². The molecule has 0 bridgehead atoms. The lowest BCUT2D eigenvalue weighted by molar-refractivity contribution is -0.134. The van der Waals surface area contributed by atoms with Crippen LogP contribution in [0.15, 0.2) is 23.8 Å². The summed E-state index contributed by atoms with van der Waals surface area (Å²) in [4.78, 5) is 23.3. The van der Waals surface area contributed by atoms with Crippen LogP contribution >= 0.6 is 0 Å². The number of ether oxygens (including phenoxy) is 1. The molecule has 0 aromatic rings. The van der Waals surface area contributed by atoms with E-state index in [1.54, 1.807) is 6.08 Å². The van der Waals surface area contributed by atoms with Gasteiger partial charge in [-0.1, -0.05) is 31.4 Å². The van der Waals surface area contributed by atoms with E-state index in [4.69, 9.17) is 0 Å². The Kier molecular flexibility index (Phi) is 4.34. The number of carbonyl (C=O) groups excluding carboxylic acids is 2. The fourth-order valence-electron chi connectivity index (χ4n) is 2.89. The Labute approximate surface area is 108 Å². The third-order valence-electron chi connectivity index (χ3n) is 3.92. The van der Waals surface area contributed by atoms with E-state index in [9.17, 15) is 9.59 Å². The van der Waals surface area contributed by atoms with Crippen molar-refractivity contribution in [2.75, 3.05) is 7.11 Å². The summed E-state index contributed by atoms with van der Waals surface area (Å²) in [6.45, 7) is 0. The maximum Gasteiger partial charge on any atom is 0.330 e. The molecule has 0 aliphatic heterocycles. The largest absolute Gasteiger partial charge is 0.466 e. The summed E-state index contributed by atoms with van der Waals surface area (Å²) < 4.78 is 4.53. The number of allylic oxidation sites excluding steroid dienone is 3. The van der Waals surface area contributed by atoms with E-state index >= 15 is 0 Å². The summed E-state index contributed by atoms with van der Waals surface area (Å²) in [6, 6.07) is 0. The van der Waals surface area contributed by atoms with Crippen LogP contribution in [0.5, 0.6) is 0 Å². The summed E-state index contributed by atoms with van der Waals surface area (Å²) in [5.74, 6) is 0.125. The van der Waals surface area contributed by atoms with E-state index < -0.39 is 5.97 Å². The zero-order valence-electron chi connectivity index (χ0n) is 10.9. The highest BCUT2D eigenvalue weighted by molar-refractivity contribution is 6.01. The zero-order chi connectivity index (χ0) is 13.0. The maximum atomic E-state index is 12.2. The van der Waals surface area contributed by atoms with Gasteiger partial charge >= 0.3 is 5.97 Å². The van der Waals surface area contributed by atoms with E-state index in [0.717, 1.165) is 24.8 Å². The molecule has 0 unspecified atom stereocenters. The molecule has 98 valence electrons. The van der Waals surface area contributed by atoms with Crippen LogP contribution in [-0.4, -0.2) is 18.9 Å². The summed E-state index contributed by atoms with van der Waals surface area (Å²) in [7, 11) is 1.34. The molecule has 3 nitrogen and oxygen atoms in total. The van der Waals surface area contributed by atoms with Gasteiger partial charge in [0.1, 0.15) is 0 Å². The van der Waals surface area contributed by atoms with E-state index in [-0.39, 0.29) is 11.7 Å². The normalized spacial score (nSPS) is 25.5. The predicted molar refractivity (Wildman–Crippen MR) is 68.9 cm³/mol. The molecule has 1 saturated carbocycles. The van der Waals surface area contributed by atoms with Crippen LogP contribution in [0.25, 0.3) is 0 Å². The van der Waals surface area contributed by atoms with Crippen LogP contribution in [0.3, 0.4) is 0 Å². The molecule has 2 aliphatic rings. The molecule has 0 amide bonds. The van der Waals surface area contributed by atoms with E-state index in [2.05, 4.69) is 10.8 Å². The van der Waals surface area contributed by atoms with Crippen LogP contribution < -0.4 is 0 Å². The highest BCUT2D eigenvalue weighted by atomic mass is 16.5. The molecular formula is C15H20O3. The van der Waals surface area contributed by atoms with Crippen LogP contribution in [0.4, 0.5) is 0 Å². The van der Waals surface area contributed by atoms with E-state index in [1.807, 2.05) is 0 Å². The van der Waals surface area contributed by atoms with Gasteiger partial charge in [-0.05, 0) is 30.8 Å². The first kappa shape index (κ1) is 13.1. The lowest BCUT2D eigenvalue weighted by Crippen LogP contribution is -2.17. The number of ketones is 1. The van der Waals surface area contributed by atoms with Crippen molar-refractivity contribution < 1.29 is 14.3 Å². The van der Waals surface area contributed by atoms with Crippen LogP contribution in [0, 0.1) is 11.8 Å². The lowest BCUT2D eigenvalue weighted by Gasteiger charge is -2.22. The van der Waals surface area contributed by atoms with Crippen LogP contribution in [-0.2, 0) is 14.3 Å². The standard InChI is InChI=1S/C15H20O3/c1-18-14(16)10-8-12-7-9-13(15(12)17)11-5-3-2-4-6-11/h8-12H,2-7H2,1H3/b10-8+/t12-/m0/s1. The SMILES string of the molecule is COC(=O)/C=C/[C@@H]1CC=C(C2CCCCC2)C1=O. The van der Waals surface area contributed by atoms with Crippen molar-refractivity contribution in [1.82, 2.24) is 0 Å². The second kappa shape index (κ2) is 5.98. The smallest absolute Gasteiger partial charge is 0.330 e. The third-order valence-corrected chi connectivity index (χ3v) is 3.92. The van der Waals surface area contributed by atoms with Crippen molar-refractivity contribution >= 4 is 11.8 Å². The highest BCUT2D eigenvalue weighted by Crippen LogP contribution is 2.35. The Morgan fingerprint density at radius 3 is 2.72 bits per heavy atom. The van der Waals surface area contributed by atoms with Gasteiger partial charge < -0.3 is 4.74 Å². The molecule has 3 heteroatoms. The average Bonchev–Trinajstić information content (AvgIpc) is 2.78. The Balaban J connectivity index is 1.95. The van der Waals surface area contributed by atoms with Crippen molar-refractivity contribution in [3.8, 4) is 0 Å². The molecule has 0 aromatic carbocycles. The number of rotatable bonds is 3. The second-order valence-corrected chi connectivity index (χ2v) is 5.08. The van der Waals surface area contributed by atoms with Crippen molar-refractivity contribution in [2.45, 2.75) is 38.5 Å². The number of hydrogen-bond acceptors (Lipinski definition) is 3. The molecule has 18 heavy (non-hydrogen) atoms. The summed E-state index contributed by atoms with van der Waals surface area (Å²) in [6.07, 6.45) is 11.9. The summed E-state index contributed by atoms with van der Waals surface area (Å²) in [5, 5.41) is 0. The van der Waals surface area contributed by atoms with Crippen molar-refractivity contribution in [3.05, 3.63) is 23.8 Å². The van der Waals surface area contributed by atoms with Gasteiger partial charge in [0.2, 0.25) is 0 Å². The minimum absolute atomic E-state index is 0.152. The van der Waals surface area contributed by atoms with Gasteiger partial charge in [0.25, 0.3) is 0 Å². The molecule has 0 heterocycles. The van der Waals surface area contributed by atoms with Crippen LogP contribution in [0.1, 0.15) is 38.5 Å². The Morgan fingerprint density at radius 1 is 1.33 bits per heavy atom. The molecule has 0 spiro atoms. The topological polar surface area (TPSA) is 43.4 Å². The number of Topliss-reactive ketones (excluding diaryl/α,β-unsaturated/α-hetero) is 1. The lowest BCUT2D eigenvalue weighted by atomic mass is 9.82. The van der Waals surface area contributed by atoms with Crippen molar-refractivity contribution in [3.63, 3.8) is 0 Å². The number of carbonyl (C=O) groups is 2. The van der Waals surface area contributed by atoms with Gasteiger partial charge in [-0.15, -0.1) is 0 Å². The highest BCUT2D eigenvalue weighted by Gasteiger charge is 2.31.